The molecule has 7 nitrogen and oxygen atoms in total. The lowest BCUT2D eigenvalue weighted by molar-refractivity contribution is -0.385. The van der Waals surface area contributed by atoms with Crippen molar-refractivity contribution in [1.82, 2.24) is 5.43 Å². The summed E-state index contributed by atoms with van der Waals surface area (Å²) in [5.74, 6) is 0.0378. The highest BCUT2D eigenvalue weighted by Crippen LogP contribution is 2.28. The summed E-state index contributed by atoms with van der Waals surface area (Å²) in [5, 5.41) is 14.8. The second-order valence-electron chi connectivity index (χ2n) is 6.05. The van der Waals surface area contributed by atoms with Crippen molar-refractivity contribution in [2.75, 3.05) is 6.61 Å². The number of non-ortho nitro benzene ring substituents is 1. The normalized spacial score (nSPS) is 11.4. The van der Waals surface area contributed by atoms with E-state index in [0.717, 1.165) is 11.1 Å². The molecular weight excluding hydrogens is 346 g/mol. The molecule has 0 aliphatic rings. The Balaban J connectivity index is 1.90. The lowest BCUT2D eigenvalue weighted by Gasteiger charge is -2.11. The molecule has 27 heavy (non-hydrogen) atoms. The minimum absolute atomic E-state index is 0.00733. The van der Waals surface area contributed by atoms with E-state index in [9.17, 15) is 14.9 Å². The summed E-state index contributed by atoms with van der Waals surface area (Å²) in [6.45, 7) is 5.04. The molecule has 0 bridgehead atoms. The molecule has 1 amide bonds. The van der Waals surface area contributed by atoms with Gasteiger partial charge in [-0.3, -0.25) is 14.9 Å². The highest BCUT2D eigenvalue weighted by atomic mass is 16.6. The minimum atomic E-state index is -0.462. The van der Waals surface area contributed by atoms with E-state index >= 15 is 0 Å². The fourth-order valence-electron chi connectivity index (χ4n) is 2.49. The van der Waals surface area contributed by atoms with Gasteiger partial charge >= 0.3 is 0 Å². The average molecular weight is 367 g/mol. The molecule has 140 valence electrons. The molecule has 0 saturated carbocycles. The van der Waals surface area contributed by atoms with Gasteiger partial charge in [0.25, 0.3) is 11.6 Å². The fraction of sp³-hybridized carbons (Fsp3) is 0.200. The molecule has 0 fully saturated rings. The van der Waals surface area contributed by atoms with Crippen molar-refractivity contribution in [3.8, 4) is 5.75 Å². The van der Waals surface area contributed by atoms with Crippen molar-refractivity contribution in [1.29, 1.82) is 0 Å². The number of allylic oxidation sites excluding steroid dienone is 1. The zero-order valence-electron chi connectivity index (χ0n) is 15.4. The van der Waals surface area contributed by atoms with Crippen LogP contribution >= 0.6 is 0 Å². The summed E-state index contributed by atoms with van der Waals surface area (Å²) in [4.78, 5) is 22.3. The zero-order valence-corrected chi connectivity index (χ0v) is 15.4. The van der Waals surface area contributed by atoms with Gasteiger partial charge in [0.05, 0.1) is 11.1 Å². The van der Waals surface area contributed by atoms with E-state index in [2.05, 4.69) is 10.5 Å². The molecule has 2 aromatic rings. The zero-order chi connectivity index (χ0) is 19.8. The molecule has 1 N–H and O–H groups in total. The van der Waals surface area contributed by atoms with Crippen LogP contribution in [0.25, 0.3) is 6.08 Å². The lowest BCUT2D eigenvalue weighted by Crippen LogP contribution is -2.25. The first kappa shape index (κ1) is 19.8. The number of carbonyl (C=O) groups excluding carboxylic acids is 1. The number of nitrogens with one attached hydrogen (secondary N) is 1. The van der Waals surface area contributed by atoms with Gasteiger partial charge in [0.1, 0.15) is 5.75 Å². The first-order chi connectivity index (χ1) is 12.9. The number of nitro groups is 1. The maximum absolute atomic E-state index is 11.9. The number of nitrogens with zero attached hydrogens (tertiary/aromatic N) is 2. The monoisotopic (exact) mass is 367 g/mol. The van der Waals surface area contributed by atoms with Gasteiger partial charge in [-0.25, -0.2) is 5.43 Å². The standard InChI is InChI=1S/C20H21N3O4/c1-14(9-17-7-5-4-6-8-17)12-21-22-19(24)13-27-20-15(2)10-18(23(25)26)11-16(20)3/h4-12H,13H2,1-3H3,(H,22,24). The van der Waals surface area contributed by atoms with Crippen LogP contribution in [0.2, 0.25) is 0 Å². The number of aryl methyl sites for hydroxylation is 2. The predicted octanol–water partition coefficient (Wildman–Crippen LogP) is 3.80. The van der Waals surface area contributed by atoms with Crippen molar-refractivity contribution in [2.24, 2.45) is 5.10 Å². The maximum atomic E-state index is 11.9. The molecule has 0 spiro atoms. The van der Waals surface area contributed by atoms with E-state index in [4.69, 9.17) is 4.74 Å². The number of ether oxygens (including phenoxy) is 1. The molecule has 0 atom stereocenters. The third-order valence-electron chi connectivity index (χ3n) is 3.65. The largest absolute Gasteiger partial charge is 0.483 e. The number of carbonyl (C=O) groups is 1. The highest BCUT2D eigenvalue weighted by Gasteiger charge is 2.14. The third-order valence-corrected chi connectivity index (χ3v) is 3.65. The number of rotatable bonds is 7. The van der Waals surface area contributed by atoms with Crippen molar-refractivity contribution in [2.45, 2.75) is 20.8 Å². The van der Waals surface area contributed by atoms with Gasteiger partial charge in [0, 0.05) is 12.1 Å². The van der Waals surface area contributed by atoms with Crippen LogP contribution in [0.5, 0.6) is 5.75 Å². The molecule has 0 radical (unpaired) electrons. The topological polar surface area (TPSA) is 93.8 Å². The van der Waals surface area contributed by atoms with Gasteiger partial charge in [-0.05, 0) is 43.0 Å². The SMILES string of the molecule is CC(C=NNC(=O)COc1c(C)cc([N+](=O)[O-])cc1C)=Cc1ccccc1. The Morgan fingerprint density at radius 1 is 1.22 bits per heavy atom. The van der Waals surface area contributed by atoms with Crippen LogP contribution in [0.1, 0.15) is 23.6 Å². The second kappa shape index (κ2) is 9.28. The highest BCUT2D eigenvalue weighted by molar-refractivity contribution is 5.86. The number of hydrogen-bond donors (Lipinski definition) is 1. The van der Waals surface area contributed by atoms with Gasteiger partial charge in [0.15, 0.2) is 6.61 Å². The summed E-state index contributed by atoms with van der Waals surface area (Å²) >= 11 is 0. The molecule has 0 unspecified atom stereocenters. The van der Waals surface area contributed by atoms with Crippen molar-refractivity contribution < 1.29 is 14.5 Å². The predicted molar refractivity (Wildman–Crippen MR) is 105 cm³/mol. The molecule has 0 aromatic heterocycles. The Morgan fingerprint density at radius 3 is 2.44 bits per heavy atom. The van der Waals surface area contributed by atoms with E-state index in [1.54, 1.807) is 20.1 Å². The number of amides is 1. The first-order valence-electron chi connectivity index (χ1n) is 8.30. The van der Waals surface area contributed by atoms with E-state index in [0.29, 0.717) is 16.9 Å². The van der Waals surface area contributed by atoms with Crippen molar-refractivity contribution in [3.63, 3.8) is 0 Å². The molecule has 0 aliphatic carbocycles. The maximum Gasteiger partial charge on any atom is 0.277 e. The van der Waals surface area contributed by atoms with Crippen molar-refractivity contribution >= 4 is 23.9 Å². The first-order valence-corrected chi connectivity index (χ1v) is 8.30. The second-order valence-corrected chi connectivity index (χ2v) is 6.05. The molecule has 7 heteroatoms. The summed E-state index contributed by atoms with van der Waals surface area (Å²) in [6, 6.07) is 12.6. The van der Waals surface area contributed by atoms with Crippen LogP contribution in [-0.2, 0) is 4.79 Å². The van der Waals surface area contributed by atoms with E-state index < -0.39 is 10.8 Å². The molecule has 2 rings (SSSR count). The Labute approximate surface area is 157 Å². The van der Waals surface area contributed by atoms with Gasteiger partial charge in [-0.2, -0.15) is 5.10 Å². The Hall–Kier alpha value is -3.48. The third kappa shape index (κ3) is 6.07. The van der Waals surface area contributed by atoms with Crippen LogP contribution in [0.4, 0.5) is 5.69 Å². The van der Waals surface area contributed by atoms with Crippen LogP contribution in [0.15, 0.2) is 53.1 Å². The van der Waals surface area contributed by atoms with Crippen LogP contribution in [0, 0.1) is 24.0 Å². The summed E-state index contributed by atoms with van der Waals surface area (Å²) in [6.07, 6.45) is 3.49. The lowest BCUT2D eigenvalue weighted by atomic mass is 10.1. The molecule has 0 aliphatic heterocycles. The Morgan fingerprint density at radius 2 is 1.85 bits per heavy atom. The summed E-state index contributed by atoms with van der Waals surface area (Å²) in [5.41, 5.74) is 5.50. The van der Waals surface area contributed by atoms with E-state index in [1.807, 2.05) is 43.3 Å². The minimum Gasteiger partial charge on any atom is -0.483 e. The van der Waals surface area contributed by atoms with Gasteiger partial charge in [-0.1, -0.05) is 36.4 Å². The number of benzene rings is 2. The fourth-order valence-corrected chi connectivity index (χ4v) is 2.49. The molecule has 0 heterocycles. The smallest absolute Gasteiger partial charge is 0.277 e. The molecule has 0 saturated heterocycles. The van der Waals surface area contributed by atoms with E-state index in [-0.39, 0.29) is 12.3 Å². The Bertz CT molecular complexity index is 866. The molecule has 2 aromatic carbocycles. The van der Waals surface area contributed by atoms with Crippen LogP contribution in [0.3, 0.4) is 0 Å². The summed E-state index contributed by atoms with van der Waals surface area (Å²) < 4.78 is 5.49. The van der Waals surface area contributed by atoms with Crippen molar-refractivity contribution in [3.05, 3.63) is 74.8 Å². The van der Waals surface area contributed by atoms with Gasteiger partial charge in [0.2, 0.25) is 0 Å². The van der Waals surface area contributed by atoms with E-state index in [1.165, 1.54) is 12.1 Å². The van der Waals surface area contributed by atoms with Crippen LogP contribution < -0.4 is 10.2 Å². The number of hydrogen-bond acceptors (Lipinski definition) is 5. The average Bonchev–Trinajstić information content (AvgIpc) is 2.61. The number of hydrazone groups is 1. The van der Waals surface area contributed by atoms with Gasteiger partial charge in [-0.15, -0.1) is 0 Å². The summed E-state index contributed by atoms with van der Waals surface area (Å²) in [7, 11) is 0. The Kier molecular flexibility index (Phi) is 6.82. The van der Waals surface area contributed by atoms with Crippen LogP contribution in [-0.4, -0.2) is 23.7 Å². The quantitative estimate of drug-likeness (QED) is 0.457. The van der Waals surface area contributed by atoms with Gasteiger partial charge < -0.3 is 4.74 Å². The molecular formula is C20H21N3O4. The number of nitro benzene ring substituents is 1.